The molecule has 7 heteroatoms. The van der Waals surface area contributed by atoms with Crippen molar-refractivity contribution in [1.82, 2.24) is 20.2 Å². The lowest BCUT2D eigenvalue weighted by atomic mass is 10.0. The van der Waals surface area contributed by atoms with Crippen molar-refractivity contribution < 1.29 is 14.3 Å². The van der Waals surface area contributed by atoms with E-state index in [1.54, 1.807) is 0 Å². The van der Waals surface area contributed by atoms with E-state index in [2.05, 4.69) is 15.3 Å². The van der Waals surface area contributed by atoms with Crippen molar-refractivity contribution in [2.45, 2.75) is 19.5 Å². The van der Waals surface area contributed by atoms with Gasteiger partial charge in [-0.2, -0.15) is 0 Å². The number of nitrogens with one attached hydrogen (secondary N) is 2. The van der Waals surface area contributed by atoms with Crippen LogP contribution in [-0.2, 0) is 11.3 Å². The monoisotopic (exact) mass is 366 g/mol. The van der Waals surface area contributed by atoms with Crippen LogP contribution in [0.1, 0.15) is 23.0 Å². The number of H-pyrrole nitrogens is 1. The van der Waals surface area contributed by atoms with E-state index in [0.29, 0.717) is 18.0 Å². The average molecular weight is 366 g/mol. The lowest BCUT2D eigenvalue weighted by molar-refractivity contribution is -0.125. The summed E-state index contributed by atoms with van der Waals surface area (Å²) >= 11 is 0. The molecule has 3 aromatic rings. The molecule has 0 aliphatic carbocycles. The first-order valence-electron chi connectivity index (χ1n) is 8.80. The van der Waals surface area contributed by atoms with Gasteiger partial charge in [0.1, 0.15) is 11.9 Å². The van der Waals surface area contributed by atoms with Gasteiger partial charge in [-0.15, -0.1) is 0 Å². The fraction of sp³-hybridized carbons (Fsp3) is 0.300. The molecule has 2 heterocycles. The van der Waals surface area contributed by atoms with Crippen LogP contribution in [0.4, 0.5) is 0 Å². The molecule has 0 unspecified atom stereocenters. The number of aryl methyl sites for hydroxylation is 1. The molecule has 1 aliphatic heterocycles. The molecule has 2 aromatic carbocycles. The van der Waals surface area contributed by atoms with Crippen molar-refractivity contribution in [3.8, 4) is 11.5 Å². The number of hydrogen-bond donors (Lipinski definition) is 2. The summed E-state index contributed by atoms with van der Waals surface area (Å²) in [6, 6.07) is 11.1. The van der Waals surface area contributed by atoms with Crippen LogP contribution in [0.15, 0.2) is 36.4 Å². The molecule has 1 aliphatic rings. The maximum Gasteiger partial charge on any atom is 0.242 e. The van der Waals surface area contributed by atoms with E-state index >= 15 is 0 Å². The van der Waals surface area contributed by atoms with E-state index in [4.69, 9.17) is 9.47 Å². The molecule has 2 N–H and O–H groups in total. The van der Waals surface area contributed by atoms with Gasteiger partial charge in [-0.25, -0.2) is 4.98 Å². The topological polar surface area (TPSA) is 79.5 Å². The number of fused-ring (bicyclic) bond motifs is 2. The number of nitrogens with zero attached hydrogens (tertiary/aromatic N) is 2. The summed E-state index contributed by atoms with van der Waals surface area (Å²) < 4.78 is 10.8. The van der Waals surface area contributed by atoms with Gasteiger partial charge in [0.15, 0.2) is 11.5 Å². The number of benzene rings is 2. The minimum atomic E-state index is -0.419. The zero-order chi connectivity index (χ0) is 19.0. The van der Waals surface area contributed by atoms with Gasteiger partial charge in [-0.3, -0.25) is 9.69 Å². The SMILES string of the molecule is Cc1nc2ccc(CNC(=O)[C@@H](c3ccc4c(c3)OCO4)N(C)C)cc2[nH]1. The summed E-state index contributed by atoms with van der Waals surface area (Å²) in [6.45, 7) is 2.59. The minimum absolute atomic E-state index is 0.0697. The number of ether oxygens (including phenoxy) is 2. The zero-order valence-electron chi connectivity index (χ0n) is 15.6. The number of aromatic nitrogens is 2. The van der Waals surface area contributed by atoms with Crippen molar-refractivity contribution in [2.24, 2.45) is 0 Å². The Balaban J connectivity index is 1.50. The number of hydrogen-bond acceptors (Lipinski definition) is 5. The Hall–Kier alpha value is -3.06. The van der Waals surface area contributed by atoms with Crippen LogP contribution >= 0.6 is 0 Å². The quantitative estimate of drug-likeness (QED) is 0.725. The van der Waals surface area contributed by atoms with Gasteiger partial charge in [0.05, 0.1) is 11.0 Å². The van der Waals surface area contributed by atoms with Gasteiger partial charge >= 0.3 is 0 Å². The van der Waals surface area contributed by atoms with E-state index < -0.39 is 6.04 Å². The summed E-state index contributed by atoms with van der Waals surface area (Å²) in [5, 5.41) is 3.03. The van der Waals surface area contributed by atoms with Crippen molar-refractivity contribution in [1.29, 1.82) is 0 Å². The number of rotatable bonds is 5. The second-order valence-corrected chi connectivity index (χ2v) is 6.87. The molecule has 0 radical (unpaired) electrons. The van der Waals surface area contributed by atoms with Gasteiger partial charge in [0, 0.05) is 6.54 Å². The third kappa shape index (κ3) is 3.46. The molecule has 1 amide bonds. The Labute approximate surface area is 157 Å². The molecular weight excluding hydrogens is 344 g/mol. The summed E-state index contributed by atoms with van der Waals surface area (Å²) in [7, 11) is 3.77. The molecule has 7 nitrogen and oxygen atoms in total. The molecule has 0 bridgehead atoms. The highest BCUT2D eigenvalue weighted by Gasteiger charge is 2.25. The molecule has 0 saturated heterocycles. The second-order valence-electron chi connectivity index (χ2n) is 6.87. The van der Waals surface area contributed by atoms with Gasteiger partial charge < -0.3 is 19.8 Å². The largest absolute Gasteiger partial charge is 0.454 e. The number of carbonyl (C=O) groups excluding carboxylic acids is 1. The lowest BCUT2D eigenvalue weighted by Gasteiger charge is -2.24. The second kappa shape index (κ2) is 6.92. The van der Waals surface area contributed by atoms with E-state index in [9.17, 15) is 4.79 Å². The van der Waals surface area contributed by atoms with Crippen molar-refractivity contribution in [2.75, 3.05) is 20.9 Å². The average Bonchev–Trinajstić information content (AvgIpc) is 3.24. The molecule has 140 valence electrons. The van der Waals surface area contributed by atoms with E-state index in [0.717, 1.165) is 28.0 Å². The third-order valence-corrected chi connectivity index (χ3v) is 4.61. The van der Waals surface area contributed by atoms with Crippen molar-refractivity contribution in [3.05, 3.63) is 53.3 Å². The first kappa shape index (κ1) is 17.4. The predicted octanol–water partition coefficient (Wildman–Crippen LogP) is 2.52. The molecule has 0 saturated carbocycles. The fourth-order valence-corrected chi connectivity index (χ4v) is 3.35. The van der Waals surface area contributed by atoms with Crippen molar-refractivity contribution in [3.63, 3.8) is 0 Å². The van der Waals surface area contributed by atoms with E-state index in [1.165, 1.54) is 0 Å². The molecule has 4 rings (SSSR count). The molecule has 0 fully saturated rings. The summed E-state index contributed by atoms with van der Waals surface area (Å²) in [5.74, 6) is 2.19. The van der Waals surface area contributed by atoms with E-state index in [1.807, 2.05) is 62.3 Å². The van der Waals surface area contributed by atoms with Gasteiger partial charge in [-0.1, -0.05) is 12.1 Å². The molecule has 1 aromatic heterocycles. The highest BCUT2D eigenvalue weighted by atomic mass is 16.7. The molecule has 27 heavy (non-hydrogen) atoms. The minimum Gasteiger partial charge on any atom is -0.454 e. The Morgan fingerprint density at radius 1 is 1.22 bits per heavy atom. The highest BCUT2D eigenvalue weighted by molar-refractivity contribution is 5.83. The van der Waals surface area contributed by atoms with Gasteiger partial charge in [0.25, 0.3) is 0 Å². The Morgan fingerprint density at radius 2 is 2.04 bits per heavy atom. The summed E-state index contributed by atoms with van der Waals surface area (Å²) in [4.78, 5) is 22.4. The maximum atomic E-state index is 12.9. The molecule has 0 spiro atoms. The van der Waals surface area contributed by atoms with Crippen LogP contribution < -0.4 is 14.8 Å². The Bertz CT molecular complexity index is 996. The third-order valence-electron chi connectivity index (χ3n) is 4.61. The normalized spacial score (nSPS) is 13.9. The lowest BCUT2D eigenvalue weighted by Crippen LogP contribution is -2.36. The summed E-state index contributed by atoms with van der Waals surface area (Å²) in [5.41, 5.74) is 3.78. The fourth-order valence-electron chi connectivity index (χ4n) is 3.35. The first-order valence-corrected chi connectivity index (χ1v) is 8.80. The standard InChI is InChI=1S/C20H22N4O3/c1-12-22-15-6-4-13(8-16(15)23-12)10-21-20(25)19(24(2)3)14-5-7-17-18(9-14)27-11-26-17/h4-9,19H,10-11H2,1-3H3,(H,21,25)(H,22,23)/t19-/m1/s1. The van der Waals surface area contributed by atoms with Crippen LogP contribution in [0, 0.1) is 6.92 Å². The first-order chi connectivity index (χ1) is 13.0. The van der Waals surface area contributed by atoms with Crippen LogP contribution in [-0.4, -0.2) is 41.7 Å². The maximum absolute atomic E-state index is 12.9. The van der Waals surface area contributed by atoms with Crippen LogP contribution in [0.2, 0.25) is 0 Å². The van der Waals surface area contributed by atoms with Crippen LogP contribution in [0.5, 0.6) is 11.5 Å². The summed E-state index contributed by atoms with van der Waals surface area (Å²) in [6.07, 6.45) is 0. The molecular formula is C20H22N4O3. The van der Waals surface area contributed by atoms with Crippen molar-refractivity contribution >= 4 is 16.9 Å². The van der Waals surface area contributed by atoms with Crippen LogP contribution in [0.25, 0.3) is 11.0 Å². The number of likely N-dealkylation sites (N-methyl/N-ethyl adjacent to an activating group) is 1. The number of carbonyl (C=O) groups is 1. The predicted molar refractivity (Wildman–Crippen MR) is 102 cm³/mol. The number of aromatic amines is 1. The van der Waals surface area contributed by atoms with E-state index in [-0.39, 0.29) is 12.7 Å². The Kier molecular flexibility index (Phi) is 4.45. The van der Waals surface area contributed by atoms with Gasteiger partial charge in [-0.05, 0) is 56.4 Å². The van der Waals surface area contributed by atoms with Crippen LogP contribution in [0.3, 0.4) is 0 Å². The Morgan fingerprint density at radius 3 is 2.85 bits per heavy atom. The molecule has 1 atom stereocenters. The smallest absolute Gasteiger partial charge is 0.242 e. The number of amides is 1. The van der Waals surface area contributed by atoms with Gasteiger partial charge in [0.2, 0.25) is 12.7 Å². The number of imidazole rings is 1. The highest BCUT2D eigenvalue weighted by Crippen LogP contribution is 2.35. The zero-order valence-corrected chi connectivity index (χ0v) is 15.6.